The molecule has 1 saturated carbocycles. The van der Waals surface area contributed by atoms with E-state index in [9.17, 15) is 4.39 Å². The Bertz CT molecular complexity index is 618. The number of aromatic nitrogens is 2. The van der Waals surface area contributed by atoms with Gasteiger partial charge in [-0.2, -0.15) is 0 Å². The van der Waals surface area contributed by atoms with Gasteiger partial charge in [-0.1, -0.05) is 11.6 Å². The minimum Gasteiger partial charge on any atom is -0.474 e. The second kappa shape index (κ2) is 4.31. The highest BCUT2D eigenvalue weighted by atomic mass is 79.9. The number of fused-ring (bicyclic) bond motifs is 1. The van der Waals surface area contributed by atoms with Crippen molar-refractivity contribution >= 4 is 38.3 Å². The standard InChI is InChI=1S/C12H9BrClFN2O/c13-9-5-17-11(18-6-12(15)1-2-12)8-4-16-10(14)3-7(8)9/h3-5H,1-2,6H2. The Labute approximate surface area is 116 Å². The van der Waals surface area contributed by atoms with E-state index in [-0.39, 0.29) is 6.61 Å². The summed E-state index contributed by atoms with van der Waals surface area (Å²) in [4.78, 5) is 8.15. The summed E-state index contributed by atoms with van der Waals surface area (Å²) < 4.78 is 19.8. The van der Waals surface area contributed by atoms with Crippen LogP contribution in [0.5, 0.6) is 5.88 Å². The van der Waals surface area contributed by atoms with Gasteiger partial charge in [-0.3, -0.25) is 0 Å². The van der Waals surface area contributed by atoms with Crippen LogP contribution in [0.15, 0.2) is 22.9 Å². The lowest BCUT2D eigenvalue weighted by atomic mass is 10.2. The van der Waals surface area contributed by atoms with Crippen LogP contribution in [0.4, 0.5) is 4.39 Å². The first-order valence-electron chi connectivity index (χ1n) is 5.49. The lowest BCUT2D eigenvalue weighted by molar-refractivity contribution is 0.174. The summed E-state index contributed by atoms with van der Waals surface area (Å²) in [5, 5.41) is 1.96. The normalized spacial score (nSPS) is 16.8. The van der Waals surface area contributed by atoms with Crippen molar-refractivity contribution in [1.29, 1.82) is 0 Å². The molecule has 0 saturated heterocycles. The average molecular weight is 332 g/mol. The predicted octanol–water partition coefficient (Wildman–Crippen LogP) is 3.93. The number of alkyl halides is 1. The highest BCUT2D eigenvalue weighted by Gasteiger charge is 2.44. The molecule has 0 atom stereocenters. The SMILES string of the molecule is FC1(COc2ncc(Br)c3cc(Cl)ncc23)CC1. The maximum absolute atomic E-state index is 13.5. The van der Waals surface area contributed by atoms with Crippen molar-refractivity contribution in [2.24, 2.45) is 0 Å². The van der Waals surface area contributed by atoms with Gasteiger partial charge in [0.2, 0.25) is 5.88 Å². The number of rotatable bonds is 3. The topological polar surface area (TPSA) is 35.0 Å². The second-order valence-electron chi connectivity index (χ2n) is 4.40. The lowest BCUT2D eigenvalue weighted by Gasteiger charge is -2.10. The van der Waals surface area contributed by atoms with Crippen LogP contribution < -0.4 is 4.74 Å². The Kier molecular flexibility index (Phi) is 2.90. The van der Waals surface area contributed by atoms with Gasteiger partial charge in [-0.15, -0.1) is 0 Å². The highest BCUT2D eigenvalue weighted by molar-refractivity contribution is 9.10. The van der Waals surface area contributed by atoms with Crippen LogP contribution in [0.3, 0.4) is 0 Å². The van der Waals surface area contributed by atoms with E-state index >= 15 is 0 Å². The van der Waals surface area contributed by atoms with Crippen molar-refractivity contribution in [3.8, 4) is 5.88 Å². The van der Waals surface area contributed by atoms with Crippen molar-refractivity contribution in [2.45, 2.75) is 18.5 Å². The Morgan fingerprint density at radius 3 is 2.83 bits per heavy atom. The largest absolute Gasteiger partial charge is 0.474 e. The minimum atomic E-state index is -1.17. The molecule has 0 N–H and O–H groups in total. The molecular formula is C12H9BrClFN2O. The molecule has 1 aliphatic carbocycles. The molecule has 2 aromatic heterocycles. The van der Waals surface area contributed by atoms with E-state index in [4.69, 9.17) is 16.3 Å². The number of halogens is 3. The van der Waals surface area contributed by atoms with Crippen LogP contribution in [-0.4, -0.2) is 22.2 Å². The summed E-state index contributed by atoms with van der Waals surface area (Å²) >= 11 is 9.24. The van der Waals surface area contributed by atoms with Crippen LogP contribution in [0, 0.1) is 0 Å². The minimum absolute atomic E-state index is 0.0410. The summed E-state index contributed by atoms with van der Waals surface area (Å²) in [6.45, 7) is 0.0410. The number of ether oxygens (including phenoxy) is 1. The van der Waals surface area contributed by atoms with Crippen molar-refractivity contribution in [1.82, 2.24) is 9.97 Å². The fourth-order valence-corrected chi connectivity index (χ4v) is 2.23. The van der Waals surface area contributed by atoms with Crippen molar-refractivity contribution in [2.75, 3.05) is 6.61 Å². The maximum atomic E-state index is 13.5. The maximum Gasteiger partial charge on any atom is 0.223 e. The molecule has 3 rings (SSSR count). The Balaban J connectivity index is 1.98. The molecule has 0 spiro atoms. The van der Waals surface area contributed by atoms with Crippen LogP contribution >= 0.6 is 27.5 Å². The smallest absolute Gasteiger partial charge is 0.223 e. The van der Waals surface area contributed by atoms with E-state index in [1.807, 2.05) is 0 Å². The molecule has 0 radical (unpaired) electrons. The Hall–Kier alpha value is -0.940. The zero-order valence-electron chi connectivity index (χ0n) is 9.29. The van der Waals surface area contributed by atoms with Gasteiger partial charge >= 0.3 is 0 Å². The van der Waals surface area contributed by atoms with Crippen LogP contribution in [0.1, 0.15) is 12.8 Å². The molecule has 0 bridgehead atoms. The molecule has 94 valence electrons. The summed E-state index contributed by atoms with van der Waals surface area (Å²) in [5.74, 6) is 0.390. The molecule has 2 heterocycles. The fourth-order valence-electron chi connectivity index (χ4n) is 1.64. The number of hydrogen-bond donors (Lipinski definition) is 0. The van der Waals surface area contributed by atoms with Gasteiger partial charge in [0.05, 0.1) is 5.39 Å². The third-order valence-electron chi connectivity index (χ3n) is 2.91. The first-order valence-corrected chi connectivity index (χ1v) is 6.66. The van der Waals surface area contributed by atoms with Crippen LogP contribution in [0.25, 0.3) is 10.8 Å². The van der Waals surface area contributed by atoms with Crippen molar-refractivity contribution < 1.29 is 9.13 Å². The molecule has 18 heavy (non-hydrogen) atoms. The van der Waals surface area contributed by atoms with Crippen molar-refractivity contribution in [3.05, 3.63) is 28.1 Å². The second-order valence-corrected chi connectivity index (χ2v) is 5.65. The highest BCUT2D eigenvalue weighted by Crippen LogP contribution is 2.40. The number of pyridine rings is 2. The van der Waals surface area contributed by atoms with E-state index < -0.39 is 5.67 Å². The third kappa shape index (κ3) is 2.29. The fraction of sp³-hybridized carbons (Fsp3) is 0.333. The van der Waals surface area contributed by atoms with Gasteiger partial charge in [-0.05, 0) is 34.8 Å². The monoisotopic (exact) mass is 330 g/mol. The summed E-state index contributed by atoms with van der Waals surface area (Å²) in [5.41, 5.74) is -1.17. The Morgan fingerprint density at radius 2 is 2.11 bits per heavy atom. The van der Waals surface area contributed by atoms with E-state index in [0.717, 1.165) is 15.2 Å². The zero-order chi connectivity index (χ0) is 12.8. The third-order valence-corrected chi connectivity index (χ3v) is 3.75. The van der Waals surface area contributed by atoms with E-state index in [1.54, 1.807) is 18.5 Å². The summed E-state index contributed by atoms with van der Waals surface area (Å²) in [6, 6.07) is 1.72. The quantitative estimate of drug-likeness (QED) is 0.799. The van der Waals surface area contributed by atoms with Gasteiger partial charge in [0.1, 0.15) is 17.4 Å². The molecule has 1 fully saturated rings. The van der Waals surface area contributed by atoms with Crippen molar-refractivity contribution in [3.63, 3.8) is 0 Å². The van der Waals surface area contributed by atoms with E-state index in [1.165, 1.54) is 0 Å². The first kappa shape index (κ1) is 12.1. The molecule has 6 heteroatoms. The zero-order valence-corrected chi connectivity index (χ0v) is 11.6. The molecule has 2 aromatic rings. The molecule has 0 aromatic carbocycles. The van der Waals surface area contributed by atoms with Gasteiger partial charge < -0.3 is 4.74 Å². The molecule has 3 nitrogen and oxygen atoms in total. The van der Waals surface area contributed by atoms with Crippen LogP contribution in [-0.2, 0) is 0 Å². The summed E-state index contributed by atoms with van der Waals surface area (Å²) in [7, 11) is 0. The van der Waals surface area contributed by atoms with Gasteiger partial charge in [-0.25, -0.2) is 14.4 Å². The number of hydrogen-bond acceptors (Lipinski definition) is 3. The molecule has 0 aliphatic heterocycles. The molecule has 1 aliphatic rings. The average Bonchev–Trinajstić information content (AvgIpc) is 3.08. The molecule has 0 amide bonds. The van der Waals surface area contributed by atoms with E-state index in [0.29, 0.717) is 23.9 Å². The number of nitrogens with zero attached hydrogens (tertiary/aromatic N) is 2. The van der Waals surface area contributed by atoms with E-state index in [2.05, 4.69) is 25.9 Å². The van der Waals surface area contributed by atoms with Gasteiger partial charge in [0.15, 0.2) is 0 Å². The van der Waals surface area contributed by atoms with Gasteiger partial charge in [0.25, 0.3) is 0 Å². The first-order chi connectivity index (χ1) is 8.57. The van der Waals surface area contributed by atoms with Crippen LogP contribution in [0.2, 0.25) is 5.15 Å². The molecular weight excluding hydrogens is 323 g/mol. The predicted molar refractivity (Wildman–Crippen MR) is 70.8 cm³/mol. The molecule has 0 unspecified atom stereocenters. The summed E-state index contributed by atoms with van der Waals surface area (Å²) in [6.07, 6.45) is 4.32. The lowest BCUT2D eigenvalue weighted by Crippen LogP contribution is -2.14. The Morgan fingerprint density at radius 1 is 1.33 bits per heavy atom. The van der Waals surface area contributed by atoms with Gasteiger partial charge in [0, 0.05) is 22.3 Å².